The summed E-state index contributed by atoms with van der Waals surface area (Å²) in [5.74, 6) is 0.906. The van der Waals surface area contributed by atoms with Crippen molar-refractivity contribution in [1.82, 2.24) is 5.32 Å². The Balaban J connectivity index is 1.59. The molecule has 162 valence electrons. The molecular formula is C26H30N2O3. The van der Waals surface area contributed by atoms with Gasteiger partial charge in [-0.2, -0.15) is 0 Å². The van der Waals surface area contributed by atoms with Crippen LogP contribution in [0.25, 0.3) is 0 Å². The number of carbonyl (C=O) groups excluding carboxylic acids is 1. The molecule has 1 amide bonds. The van der Waals surface area contributed by atoms with Crippen LogP contribution in [0.5, 0.6) is 11.5 Å². The van der Waals surface area contributed by atoms with Gasteiger partial charge in [-0.1, -0.05) is 54.6 Å². The lowest BCUT2D eigenvalue weighted by Gasteiger charge is -2.25. The number of nitrogens with two attached hydrogens (primary N) is 1. The van der Waals surface area contributed by atoms with Gasteiger partial charge in [0.25, 0.3) is 5.91 Å². The summed E-state index contributed by atoms with van der Waals surface area (Å²) in [4.78, 5) is 11.5. The largest absolute Gasteiger partial charge is 0.497 e. The fourth-order valence-corrected chi connectivity index (χ4v) is 3.56. The van der Waals surface area contributed by atoms with E-state index in [1.54, 1.807) is 25.3 Å². The maximum Gasteiger partial charge on any atom is 0.252 e. The number of methoxy groups -OCH3 is 1. The molecule has 0 aliphatic rings. The van der Waals surface area contributed by atoms with Crippen LogP contribution in [0.1, 0.15) is 47.3 Å². The van der Waals surface area contributed by atoms with E-state index < -0.39 is 5.91 Å². The molecular weight excluding hydrogens is 388 g/mol. The minimum absolute atomic E-state index is 0.0820. The molecule has 0 heterocycles. The van der Waals surface area contributed by atoms with Gasteiger partial charge in [0.15, 0.2) is 0 Å². The molecule has 3 N–H and O–H groups in total. The summed E-state index contributed by atoms with van der Waals surface area (Å²) in [6.45, 7) is 2.70. The monoisotopic (exact) mass is 418 g/mol. The summed E-state index contributed by atoms with van der Waals surface area (Å²) in [7, 11) is 1.67. The van der Waals surface area contributed by atoms with Crippen molar-refractivity contribution >= 4 is 5.91 Å². The van der Waals surface area contributed by atoms with Crippen LogP contribution in [-0.2, 0) is 0 Å². The van der Waals surface area contributed by atoms with Crippen LogP contribution >= 0.6 is 0 Å². The van der Waals surface area contributed by atoms with Gasteiger partial charge in [0.2, 0.25) is 0 Å². The summed E-state index contributed by atoms with van der Waals surface area (Å²) in [5.41, 5.74) is 8.23. The Labute approximate surface area is 184 Å². The molecule has 31 heavy (non-hydrogen) atoms. The van der Waals surface area contributed by atoms with E-state index in [4.69, 9.17) is 15.2 Å². The third-order valence-electron chi connectivity index (χ3n) is 5.22. The predicted octanol–water partition coefficient (Wildman–Crippen LogP) is 4.72. The van der Waals surface area contributed by atoms with Gasteiger partial charge >= 0.3 is 0 Å². The zero-order valence-corrected chi connectivity index (χ0v) is 18.1. The second kappa shape index (κ2) is 11.2. The molecule has 5 nitrogen and oxygen atoms in total. The molecule has 0 radical (unpaired) electrons. The fourth-order valence-electron chi connectivity index (χ4n) is 3.56. The van der Waals surface area contributed by atoms with Gasteiger partial charge in [-0.15, -0.1) is 0 Å². The SMILES string of the molecule is COc1ccc(C(NC(C)CCCOc2ccccc2C(N)=O)c2ccccc2)cc1. The van der Waals surface area contributed by atoms with Gasteiger partial charge in [0, 0.05) is 6.04 Å². The molecule has 0 bridgehead atoms. The lowest BCUT2D eigenvalue weighted by Crippen LogP contribution is -2.31. The highest BCUT2D eigenvalue weighted by molar-refractivity contribution is 5.95. The van der Waals surface area contributed by atoms with Crippen LogP contribution in [0.4, 0.5) is 0 Å². The van der Waals surface area contributed by atoms with Crippen molar-refractivity contribution in [2.75, 3.05) is 13.7 Å². The van der Waals surface area contributed by atoms with Gasteiger partial charge in [-0.3, -0.25) is 4.79 Å². The number of hydrogen-bond acceptors (Lipinski definition) is 4. The number of carbonyl (C=O) groups is 1. The molecule has 0 aliphatic heterocycles. The normalized spacial score (nSPS) is 12.7. The number of nitrogens with one attached hydrogen (secondary N) is 1. The zero-order chi connectivity index (χ0) is 22.1. The average Bonchev–Trinajstić information content (AvgIpc) is 2.81. The molecule has 0 fully saturated rings. The quantitative estimate of drug-likeness (QED) is 0.442. The van der Waals surface area contributed by atoms with E-state index in [9.17, 15) is 4.79 Å². The Morgan fingerprint density at radius 1 is 0.935 bits per heavy atom. The number of amides is 1. The summed E-state index contributed by atoms with van der Waals surface area (Å²) < 4.78 is 11.1. The van der Waals surface area contributed by atoms with Gasteiger partial charge in [-0.05, 0) is 55.2 Å². The summed E-state index contributed by atoms with van der Waals surface area (Å²) in [5, 5.41) is 3.74. The first-order chi connectivity index (χ1) is 15.1. The van der Waals surface area contributed by atoms with Gasteiger partial charge < -0.3 is 20.5 Å². The number of rotatable bonds is 11. The Bertz CT molecular complexity index is 958. The first-order valence-electron chi connectivity index (χ1n) is 10.5. The maximum absolute atomic E-state index is 11.5. The van der Waals surface area contributed by atoms with Gasteiger partial charge in [0.05, 0.1) is 25.3 Å². The standard InChI is InChI=1S/C26H30N2O3/c1-19(9-8-18-31-24-13-7-6-12-23(24)26(27)29)28-25(20-10-4-3-5-11-20)21-14-16-22(30-2)17-15-21/h3-7,10-17,19,25,28H,8-9,18H2,1-2H3,(H2,27,29). The highest BCUT2D eigenvalue weighted by Crippen LogP contribution is 2.25. The molecule has 2 unspecified atom stereocenters. The smallest absolute Gasteiger partial charge is 0.252 e. The van der Waals surface area contributed by atoms with Crippen LogP contribution in [0.15, 0.2) is 78.9 Å². The van der Waals surface area contributed by atoms with Crippen molar-refractivity contribution in [3.8, 4) is 11.5 Å². The Morgan fingerprint density at radius 2 is 1.58 bits per heavy atom. The van der Waals surface area contributed by atoms with Crippen molar-refractivity contribution in [2.24, 2.45) is 5.73 Å². The lowest BCUT2D eigenvalue weighted by molar-refractivity contribution is 0.0996. The summed E-state index contributed by atoms with van der Waals surface area (Å²) >= 11 is 0. The highest BCUT2D eigenvalue weighted by Gasteiger charge is 2.17. The maximum atomic E-state index is 11.5. The van der Waals surface area contributed by atoms with Crippen LogP contribution in [-0.4, -0.2) is 25.7 Å². The van der Waals surface area contributed by atoms with Crippen molar-refractivity contribution in [3.63, 3.8) is 0 Å². The third-order valence-corrected chi connectivity index (χ3v) is 5.22. The molecule has 3 aromatic rings. The molecule has 3 aromatic carbocycles. The molecule has 0 spiro atoms. The Morgan fingerprint density at radius 3 is 2.26 bits per heavy atom. The Hall–Kier alpha value is -3.31. The van der Waals surface area contributed by atoms with Crippen molar-refractivity contribution in [2.45, 2.75) is 31.8 Å². The predicted molar refractivity (Wildman–Crippen MR) is 124 cm³/mol. The van der Waals surface area contributed by atoms with Crippen LogP contribution in [0.2, 0.25) is 0 Å². The van der Waals surface area contributed by atoms with Crippen molar-refractivity contribution in [3.05, 3.63) is 95.6 Å². The second-order valence-electron chi connectivity index (χ2n) is 7.54. The molecule has 0 saturated heterocycles. The molecule has 0 saturated carbocycles. The number of benzene rings is 3. The number of hydrogen-bond donors (Lipinski definition) is 2. The van der Waals surface area contributed by atoms with Crippen molar-refractivity contribution in [1.29, 1.82) is 0 Å². The molecule has 5 heteroatoms. The molecule has 3 rings (SSSR count). The lowest BCUT2D eigenvalue weighted by atomic mass is 9.97. The van der Waals surface area contributed by atoms with Crippen LogP contribution < -0.4 is 20.5 Å². The molecule has 2 atom stereocenters. The molecule has 0 aliphatic carbocycles. The first kappa shape index (κ1) is 22.4. The van der Waals surface area contributed by atoms with Gasteiger partial charge in [-0.25, -0.2) is 0 Å². The highest BCUT2D eigenvalue weighted by atomic mass is 16.5. The minimum Gasteiger partial charge on any atom is -0.497 e. The van der Waals surface area contributed by atoms with Gasteiger partial charge in [0.1, 0.15) is 11.5 Å². The van der Waals surface area contributed by atoms with Crippen LogP contribution in [0.3, 0.4) is 0 Å². The number of para-hydroxylation sites is 1. The average molecular weight is 419 g/mol. The van der Waals surface area contributed by atoms with E-state index in [0.717, 1.165) is 18.6 Å². The van der Waals surface area contributed by atoms with E-state index in [-0.39, 0.29) is 12.1 Å². The number of ether oxygens (including phenoxy) is 2. The van der Waals surface area contributed by atoms with E-state index in [1.165, 1.54) is 11.1 Å². The van der Waals surface area contributed by atoms with E-state index in [0.29, 0.717) is 17.9 Å². The topological polar surface area (TPSA) is 73.6 Å². The first-order valence-corrected chi connectivity index (χ1v) is 10.5. The molecule has 0 aromatic heterocycles. The van der Waals surface area contributed by atoms with E-state index in [1.807, 2.05) is 24.3 Å². The van der Waals surface area contributed by atoms with Crippen molar-refractivity contribution < 1.29 is 14.3 Å². The number of primary amides is 1. The second-order valence-corrected chi connectivity index (χ2v) is 7.54. The van der Waals surface area contributed by atoms with E-state index in [2.05, 4.69) is 48.6 Å². The summed E-state index contributed by atoms with van der Waals surface area (Å²) in [6, 6.07) is 26.0. The summed E-state index contributed by atoms with van der Waals surface area (Å²) in [6.07, 6.45) is 1.78. The third kappa shape index (κ3) is 6.33. The zero-order valence-electron chi connectivity index (χ0n) is 18.1. The minimum atomic E-state index is -0.476. The Kier molecular flexibility index (Phi) is 8.07. The fraction of sp³-hybridized carbons (Fsp3) is 0.269. The van der Waals surface area contributed by atoms with E-state index >= 15 is 0 Å². The van der Waals surface area contributed by atoms with Crippen LogP contribution in [0, 0.1) is 0 Å².